The predicted molar refractivity (Wildman–Crippen MR) is 110 cm³/mol. The molecule has 2 aliphatic heterocycles. The highest BCUT2D eigenvalue weighted by molar-refractivity contribution is 6.10. The van der Waals surface area contributed by atoms with Crippen molar-refractivity contribution in [2.45, 2.75) is 12.1 Å². The Balaban J connectivity index is 1.66. The molecule has 4 nitrogen and oxygen atoms in total. The van der Waals surface area contributed by atoms with Crippen LogP contribution in [0.5, 0.6) is 5.75 Å². The summed E-state index contributed by atoms with van der Waals surface area (Å²) >= 11 is 0. The van der Waals surface area contributed by atoms with Crippen molar-refractivity contribution in [1.29, 1.82) is 0 Å². The summed E-state index contributed by atoms with van der Waals surface area (Å²) in [5.74, 6) is 1.07. The molecule has 0 amide bonds. The van der Waals surface area contributed by atoms with Gasteiger partial charge in [0.1, 0.15) is 11.9 Å². The van der Waals surface area contributed by atoms with Gasteiger partial charge in [0.25, 0.3) is 0 Å². The van der Waals surface area contributed by atoms with Crippen LogP contribution in [0.25, 0.3) is 0 Å². The molecule has 2 atom stereocenters. The van der Waals surface area contributed by atoms with Crippen LogP contribution in [0.4, 0.5) is 11.4 Å². The van der Waals surface area contributed by atoms with Crippen molar-refractivity contribution >= 4 is 17.1 Å². The van der Waals surface area contributed by atoms with Crippen LogP contribution in [-0.2, 0) is 0 Å². The van der Waals surface area contributed by atoms with E-state index in [4.69, 9.17) is 9.84 Å². The van der Waals surface area contributed by atoms with Gasteiger partial charge in [0.05, 0.1) is 24.4 Å². The Hall–Kier alpha value is -3.27. The van der Waals surface area contributed by atoms with Crippen LogP contribution in [0.15, 0.2) is 84.0 Å². The molecule has 0 radical (unpaired) electrons. The summed E-state index contributed by atoms with van der Waals surface area (Å²) < 4.78 is 5.32. The number of methoxy groups -OCH3 is 1. The lowest BCUT2D eigenvalue weighted by Crippen LogP contribution is -2.41. The first-order valence-corrected chi connectivity index (χ1v) is 9.17. The van der Waals surface area contributed by atoms with Gasteiger partial charge >= 0.3 is 0 Å². The molecule has 0 fully saturated rings. The summed E-state index contributed by atoms with van der Waals surface area (Å²) in [5, 5.41) is 7.24. The quantitative estimate of drug-likeness (QED) is 0.693. The lowest BCUT2D eigenvalue weighted by atomic mass is 9.90. The largest absolute Gasteiger partial charge is 0.497 e. The Morgan fingerprint density at radius 1 is 0.852 bits per heavy atom. The molecule has 0 aromatic heterocycles. The van der Waals surface area contributed by atoms with Gasteiger partial charge in [-0.15, -0.1) is 0 Å². The van der Waals surface area contributed by atoms with E-state index in [1.54, 1.807) is 7.11 Å². The van der Waals surface area contributed by atoms with E-state index in [9.17, 15) is 0 Å². The highest BCUT2D eigenvalue weighted by atomic mass is 16.5. The van der Waals surface area contributed by atoms with Crippen LogP contribution in [-0.4, -0.2) is 26.0 Å². The van der Waals surface area contributed by atoms with Gasteiger partial charge in [0, 0.05) is 12.7 Å². The van der Waals surface area contributed by atoms with E-state index < -0.39 is 0 Å². The molecule has 0 aliphatic carbocycles. The van der Waals surface area contributed by atoms with Gasteiger partial charge in [0.2, 0.25) is 0 Å². The fourth-order valence-electron chi connectivity index (χ4n) is 4.22. The number of hydrogen-bond acceptors (Lipinski definition) is 4. The molecule has 4 heteroatoms. The summed E-state index contributed by atoms with van der Waals surface area (Å²) in [6.45, 7) is 0. The Bertz CT molecular complexity index is 998. The van der Waals surface area contributed by atoms with Crippen LogP contribution in [0, 0.1) is 0 Å². The van der Waals surface area contributed by atoms with E-state index in [1.165, 1.54) is 11.3 Å². The van der Waals surface area contributed by atoms with Crippen molar-refractivity contribution in [3.05, 3.63) is 90.0 Å². The second-order valence-electron chi connectivity index (χ2n) is 6.95. The molecule has 2 aliphatic rings. The minimum Gasteiger partial charge on any atom is -0.497 e. The predicted octanol–water partition coefficient (Wildman–Crippen LogP) is 4.48. The maximum Gasteiger partial charge on any atom is 0.136 e. The van der Waals surface area contributed by atoms with Gasteiger partial charge in [-0.2, -0.15) is 5.10 Å². The normalized spacial score (nSPS) is 20.3. The average Bonchev–Trinajstić information content (AvgIpc) is 3.26. The molecule has 2 heterocycles. The molecule has 5 rings (SSSR count). The molecule has 3 aromatic carbocycles. The number of benzene rings is 3. The molecule has 27 heavy (non-hydrogen) atoms. The fourth-order valence-corrected chi connectivity index (χ4v) is 4.22. The van der Waals surface area contributed by atoms with E-state index >= 15 is 0 Å². The maximum atomic E-state index is 5.32. The lowest BCUT2D eigenvalue weighted by molar-refractivity contribution is 0.415. The molecule has 0 bridgehead atoms. The monoisotopic (exact) mass is 355 g/mol. The Morgan fingerprint density at radius 2 is 1.56 bits per heavy atom. The second kappa shape index (κ2) is 6.16. The Labute approximate surface area is 159 Å². The fraction of sp³-hybridized carbons (Fsp3) is 0.174. The van der Waals surface area contributed by atoms with Crippen molar-refractivity contribution in [2.24, 2.45) is 5.10 Å². The zero-order valence-electron chi connectivity index (χ0n) is 15.4. The van der Waals surface area contributed by atoms with Gasteiger partial charge < -0.3 is 9.64 Å². The molecule has 0 saturated carbocycles. The first-order chi connectivity index (χ1) is 13.3. The van der Waals surface area contributed by atoms with E-state index in [1.807, 2.05) is 18.2 Å². The van der Waals surface area contributed by atoms with Gasteiger partial charge in [0.15, 0.2) is 0 Å². The number of rotatable bonds is 3. The van der Waals surface area contributed by atoms with E-state index in [0.29, 0.717) is 0 Å². The molecule has 3 aromatic rings. The SMILES string of the molecule is COc1ccc(C2=NN(c3ccccc3)[C@@H]3[C@H]2c2ccccc2N3C)cc1. The topological polar surface area (TPSA) is 28.1 Å². The number of anilines is 2. The Morgan fingerprint density at radius 3 is 2.30 bits per heavy atom. The number of ether oxygens (including phenoxy) is 1. The first kappa shape index (κ1) is 15.9. The highest BCUT2D eigenvalue weighted by Gasteiger charge is 2.48. The minimum absolute atomic E-state index is 0.141. The zero-order chi connectivity index (χ0) is 18.4. The highest BCUT2D eigenvalue weighted by Crippen LogP contribution is 2.47. The molecule has 0 N–H and O–H groups in total. The van der Waals surface area contributed by atoms with Crippen molar-refractivity contribution in [1.82, 2.24) is 0 Å². The molecule has 134 valence electrons. The van der Waals surface area contributed by atoms with E-state index in [0.717, 1.165) is 22.7 Å². The number of nitrogens with zero attached hydrogens (tertiary/aromatic N) is 3. The Kier molecular flexibility index (Phi) is 3.64. The van der Waals surface area contributed by atoms with Crippen LogP contribution in [0.3, 0.4) is 0 Å². The van der Waals surface area contributed by atoms with E-state index in [2.05, 4.69) is 77.6 Å². The summed E-state index contributed by atoms with van der Waals surface area (Å²) in [5.41, 5.74) is 5.95. The second-order valence-corrected chi connectivity index (χ2v) is 6.95. The number of likely N-dealkylation sites (N-methyl/N-ethyl adjacent to an activating group) is 1. The molecule has 0 unspecified atom stereocenters. The lowest BCUT2D eigenvalue weighted by Gasteiger charge is -2.30. The van der Waals surface area contributed by atoms with Crippen molar-refractivity contribution in [3.8, 4) is 5.75 Å². The van der Waals surface area contributed by atoms with Crippen molar-refractivity contribution in [3.63, 3.8) is 0 Å². The average molecular weight is 355 g/mol. The van der Waals surface area contributed by atoms with Crippen LogP contribution < -0.4 is 14.6 Å². The third-order valence-corrected chi connectivity index (χ3v) is 5.51. The maximum absolute atomic E-state index is 5.32. The summed E-state index contributed by atoms with van der Waals surface area (Å²) in [6.07, 6.45) is 0.141. The molecule has 0 saturated heterocycles. The molecular weight excluding hydrogens is 334 g/mol. The van der Waals surface area contributed by atoms with Gasteiger partial charge in [-0.3, -0.25) is 0 Å². The van der Waals surface area contributed by atoms with Crippen LogP contribution >= 0.6 is 0 Å². The van der Waals surface area contributed by atoms with Crippen molar-refractivity contribution < 1.29 is 4.74 Å². The minimum atomic E-state index is 0.141. The van der Waals surface area contributed by atoms with Gasteiger partial charge in [-0.05, 0) is 53.6 Å². The first-order valence-electron chi connectivity index (χ1n) is 9.17. The van der Waals surface area contributed by atoms with E-state index in [-0.39, 0.29) is 12.1 Å². The van der Waals surface area contributed by atoms with Crippen LogP contribution in [0.1, 0.15) is 17.0 Å². The number of hydrazone groups is 1. The van der Waals surface area contributed by atoms with Crippen LogP contribution in [0.2, 0.25) is 0 Å². The summed E-state index contributed by atoms with van der Waals surface area (Å²) in [6, 6.07) is 27.3. The smallest absolute Gasteiger partial charge is 0.136 e. The number of hydrogen-bond donors (Lipinski definition) is 0. The van der Waals surface area contributed by atoms with Gasteiger partial charge in [-0.25, -0.2) is 5.01 Å². The number of para-hydroxylation sites is 2. The third-order valence-electron chi connectivity index (χ3n) is 5.51. The standard InChI is InChI=1S/C23H21N3O/c1-25-20-11-7-6-10-19(20)21-22(16-12-14-18(27-2)15-13-16)24-26(23(21)25)17-8-4-3-5-9-17/h3-15,21,23H,1-2H3/t21-,23+/m0/s1. The van der Waals surface area contributed by atoms with Crippen molar-refractivity contribution in [2.75, 3.05) is 24.1 Å². The third kappa shape index (κ3) is 2.40. The number of fused-ring (bicyclic) bond motifs is 3. The summed E-state index contributed by atoms with van der Waals surface area (Å²) in [7, 11) is 3.85. The molecular formula is C23H21N3O. The molecule has 0 spiro atoms. The zero-order valence-corrected chi connectivity index (χ0v) is 15.4. The van der Waals surface area contributed by atoms with Gasteiger partial charge in [-0.1, -0.05) is 36.4 Å². The summed E-state index contributed by atoms with van der Waals surface area (Å²) in [4.78, 5) is 2.34.